The molecule has 1 atom stereocenters. The van der Waals surface area contributed by atoms with Crippen LogP contribution in [0.4, 0.5) is 0 Å². The van der Waals surface area contributed by atoms with E-state index in [0.29, 0.717) is 22.0 Å². The molecule has 98 valence electrons. The molecule has 1 amide bonds. The van der Waals surface area contributed by atoms with Crippen molar-refractivity contribution in [3.8, 4) is 0 Å². The fourth-order valence-corrected chi connectivity index (χ4v) is 2.03. The molecular weight excluding hydrogens is 268 g/mol. The van der Waals surface area contributed by atoms with Crippen molar-refractivity contribution in [3.05, 3.63) is 34.3 Å². The van der Waals surface area contributed by atoms with Gasteiger partial charge in [0.05, 0.1) is 4.99 Å². The maximum atomic E-state index is 12.1. The Hall–Kier alpha value is -1.13. The lowest BCUT2D eigenvalue weighted by molar-refractivity contribution is 0.0936. The van der Waals surface area contributed by atoms with Crippen LogP contribution in [-0.4, -0.2) is 16.9 Å². The summed E-state index contributed by atoms with van der Waals surface area (Å²) in [6, 6.07) is 5.25. The molecule has 0 aliphatic heterocycles. The minimum Gasteiger partial charge on any atom is -0.393 e. The maximum Gasteiger partial charge on any atom is 0.251 e. The van der Waals surface area contributed by atoms with Crippen LogP contribution in [0.2, 0.25) is 5.02 Å². The van der Waals surface area contributed by atoms with E-state index in [1.54, 1.807) is 18.2 Å². The standard InChI is InChI=1S/C13H17ClN2OS/c1-3-9(7-12(15)18)16-13(17)10-5-4-6-11(14)8(10)2/h4-6,9H,3,7H2,1-2H3,(H2,15,18)(H,16,17). The Morgan fingerprint density at radius 2 is 2.22 bits per heavy atom. The van der Waals surface area contributed by atoms with Crippen LogP contribution in [-0.2, 0) is 0 Å². The summed E-state index contributed by atoms with van der Waals surface area (Å²) >= 11 is 10.9. The van der Waals surface area contributed by atoms with E-state index >= 15 is 0 Å². The summed E-state index contributed by atoms with van der Waals surface area (Å²) in [4.78, 5) is 12.5. The minimum atomic E-state index is -0.141. The SMILES string of the molecule is CCC(CC(N)=S)NC(=O)c1cccc(Cl)c1C. The molecule has 0 spiro atoms. The Balaban J connectivity index is 2.81. The molecule has 5 heteroatoms. The van der Waals surface area contributed by atoms with Crippen molar-refractivity contribution in [1.29, 1.82) is 0 Å². The van der Waals surface area contributed by atoms with E-state index in [1.807, 2.05) is 13.8 Å². The predicted molar refractivity (Wildman–Crippen MR) is 79.1 cm³/mol. The van der Waals surface area contributed by atoms with Crippen molar-refractivity contribution in [1.82, 2.24) is 5.32 Å². The maximum absolute atomic E-state index is 12.1. The van der Waals surface area contributed by atoms with Gasteiger partial charge in [-0.05, 0) is 31.0 Å². The average Bonchev–Trinajstić information content (AvgIpc) is 2.31. The summed E-state index contributed by atoms with van der Waals surface area (Å²) in [6.07, 6.45) is 1.29. The van der Waals surface area contributed by atoms with Gasteiger partial charge in [-0.1, -0.05) is 36.8 Å². The second-order valence-electron chi connectivity index (χ2n) is 4.16. The molecule has 0 aromatic heterocycles. The van der Waals surface area contributed by atoms with Crippen LogP contribution < -0.4 is 11.1 Å². The zero-order chi connectivity index (χ0) is 13.7. The van der Waals surface area contributed by atoms with Gasteiger partial charge in [0.1, 0.15) is 0 Å². The summed E-state index contributed by atoms with van der Waals surface area (Å²) in [5, 5.41) is 3.51. The molecule has 3 nitrogen and oxygen atoms in total. The number of nitrogens with one attached hydrogen (secondary N) is 1. The molecule has 0 fully saturated rings. The molecule has 0 heterocycles. The van der Waals surface area contributed by atoms with Crippen molar-refractivity contribution in [2.75, 3.05) is 0 Å². The molecule has 0 aliphatic rings. The fraction of sp³-hybridized carbons (Fsp3) is 0.385. The van der Waals surface area contributed by atoms with Gasteiger partial charge in [-0.2, -0.15) is 0 Å². The second-order valence-corrected chi connectivity index (χ2v) is 5.09. The van der Waals surface area contributed by atoms with Gasteiger partial charge < -0.3 is 11.1 Å². The number of rotatable bonds is 5. The van der Waals surface area contributed by atoms with Crippen molar-refractivity contribution >= 4 is 34.7 Å². The molecule has 0 radical (unpaired) electrons. The fourth-order valence-electron chi connectivity index (χ4n) is 1.66. The first-order valence-corrected chi connectivity index (χ1v) is 6.58. The molecule has 3 N–H and O–H groups in total. The number of thiocarbonyl (C=S) groups is 1. The minimum absolute atomic E-state index is 0.0339. The van der Waals surface area contributed by atoms with E-state index in [9.17, 15) is 4.79 Å². The number of hydrogen-bond acceptors (Lipinski definition) is 2. The van der Waals surface area contributed by atoms with Crippen LogP contribution >= 0.6 is 23.8 Å². The summed E-state index contributed by atoms with van der Waals surface area (Å²) in [5.41, 5.74) is 6.86. The van der Waals surface area contributed by atoms with Crippen molar-refractivity contribution in [2.45, 2.75) is 32.7 Å². The first kappa shape index (κ1) is 14.9. The van der Waals surface area contributed by atoms with Crippen LogP contribution in [0.1, 0.15) is 35.7 Å². The summed E-state index contributed by atoms with van der Waals surface area (Å²) < 4.78 is 0. The third-order valence-electron chi connectivity index (χ3n) is 2.79. The lowest BCUT2D eigenvalue weighted by Crippen LogP contribution is -2.37. The first-order valence-electron chi connectivity index (χ1n) is 5.80. The number of benzene rings is 1. The highest BCUT2D eigenvalue weighted by molar-refractivity contribution is 7.80. The van der Waals surface area contributed by atoms with Crippen LogP contribution in [0.25, 0.3) is 0 Å². The monoisotopic (exact) mass is 284 g/mol. The molecule has 0 saturated carbocycles. The quantitative estimate of drug-likeness (QED) is 0.818. The first-order chi connectivity index (χ1) is 8.45. The number of carbonyl (C=O) groups excluding carboxylic acids is 1. The van der Waals surface area contributed by atoms with E-state index < -0.39 is 0 Å². The molecule has 18 heavy (non-hydrogen) atoms. The molecular formula is C13H17ClN2OS. The van der Waals surface area contributed by atoms with E-state index in [1.165, 1.54) is 0 Å². The van der Waals surface area contributed by atoms with Crippen molar-refractivity contribution in [3.63, 3.8) is 0 Å². The summed E-state index contributed by atoms with van der Waals surface area (Å²) in [7, 11) is 0. The van der Waals surface area contributed by atoms with Gasteiger partial charge in [-0.25, -0.2) is 0 Å². The Morgan fingerprint density at radius 1 is 1.56 bits per heavy atom. The third-order valence-corrected chi connectivity index (χ3v) is 3.36. The highest BCUT2D eigenvalue weighted by atomic mass is 35.5. The highest BCUT2D eigenvalue weighted by Gasteiger charge is 2.15. The average molecular weight is 285 g/mol. The lowest BCUT2D eigenvalue weighted by Gasteiger charge is -2.17. The summed E-state index contributed by atoms with van der Waals surface area (Å²) in [5.74, 6) is -0.141. The van der Waals surface area contributed by atoms with Gasteiger partial charge in [0.25, 0.3) is 5.91 Å². The van der Waals surface area contributed by atoms with Crippen LogP contribution in [0, 0.1) is 6.92 Å². The van der Waals surface area contributed by atoms with Gasteiger partial charge in [-0.3, -0.25) is 4.79 Å². The smallest absolute Gasteiger partial charge is 0.251 e. The molecule has 1 aromatic rings. The molecule has 1 rings (SSSR count). The number of hydrogen-bond donors (Lipinski definition) is 2. The van der Waals surface area contributed by atoms with Gasteiger partial charge in [-0.15, -0.1) is 0 Å². The number of carbonyl (C=O) groups is 1. The Kier molecular flexibility index (Phi) is 5.56. The van der Waals surface area contributed by atoms with Crippen LogP contribution in [0.3, 0.4) is 0 Å². The van der Waals surface area contributed by atoms with Crippen LogP contribution in [0.5, 0.6) is 0 Å². The third kappa shape index (κ3) is 3.96. The number of nitrogens with two attached hydrogens (primary N) is 1. The largest absolute Gasteiger partial charge is 0.393 e. The molecule has 0 bridgehead atoms. The highest BCUT2D eigenvalue weighted by Crippen LogP contribution is 2.18. The van der Waals surface area contributed by atoms with Crippen molar-refractivity contribution < 1.29 is 4.79 Å². The van der Waals surface area contributed by atoms with E-state index in [2.05, 4.69) is 5.32 Å². The Labute approximate surface area is 118 Å². The van der Waals surface area contributed by atoms with Crippen LogP contribution in [0.15, 0.2) is 18.2 Å². The normalized spacial score (nSPS) is 11.9. The van der Waals surface area contributed by atoms with E-state index in [0.717, 1.165) is 12.0 Å². The van der Waals surface area contributed by atoms with Crippen molar-refractivity contribution in [2.24, 2.45) is 5.73 Å². The molecule has 0 aliphatic carbocycles. The lowest BCUT2D eigenvalue weighted by atomic mass is 10.1. The van der Waals surface area contributed by atoms with Gasteiger partial charge in [0.15, 0.2) is 0 Å². The summed E-state index contributed by atoms with van der Waals surface area (Å²) in [6.45, 7) is 3.81. The Bertz CT molecular complexity index is 462. The zero-order valence-corrected chi connectivity index (χ0v) is 12.1. The second kappa shape index (κ2) is 6.71. The zero-order valence-electron chi connectivity index (χ0n) is 10.5. The van der Waals surface area contributed by atoms with Gasteiger partial charge >= 0.3 is 0 Å². The van der Waals surface area contributed by atoms with Gasteiger partial charge in [0.2, 0.25) is 0 Å². The van der Waals surface area contributed by atoms with E-state index in [4.69, 9.17) is 29.6 Å². The molecule has 1 unspecified atom stereocenters. The number of halogens is 1. The Morgan fingerprint density at radius 3 is 2.78 bits per heavy atom. The topological polar surface area (TPSA) is 55.1 Å². The number of amides is 1. The van der Waals surface area contributed by atoms with E-state index in [-0.39, 0.29) is 11.9 Å². The molecule has 1 aromatic carbocycles. The predicted octanol–water partition coefficient (Wildman–Crippen LogP) is 2.83. The molecule has 0 saturated heterocycles. The van der Waals surface area contributed by atoms with Gasteiger partial charge in [0, 0.05) is 23.0 Å².